The number of fused-ring (bicyclic) bond motifs is 2. The van der Waals surface area contributed by atoms with Crippen molar-refractivity contribution in [3.05, 3.63) is 59.7 Å². The first-order valence-corrected chi connectivity index (χ1v) is 13.3. The van der Waals surface area contributed by atoms with Gasteiger partial charge in [-0.05, 0) is 66.2 Å². The zero-order chi connectivity index (χ0) is 28.0. The molecule has 0 aliphatic heterocycles. The van der Waals surface area contributed by atoms with Gasteiger partial charge in [0, 0.05) is 20.3 Å². The molecule has 1 aromatic carbocycles. The van der Waals surface area contributed by atoms with Gasteiger partial charge in [-0.15, -0.1) is 0 Å². The lowest BCUT2D eigenvalue weighted by molar-refractivity contribution is -0.179. The molecular formula is C31H38O7. The van der Waals surface area contributed by atoms with E-state index in [1.54, 1.807) is 37.3 Å². The summed E-state index contributed by atoms with van der Waals surface area (Å²) >= 11 is 0. The van der Waals surface area contributed by atoms with E-state index in [4.69, 9.17) is 14.2 Å². The third-order valence-electron chi connectivity index (χ3n) is 8.77. The fourth-order valence-electron chi connectivity index (χ4n) is 6.80. The number of ketones is 1. The van der Waals surface area contributed by atoms with Crippen LogP contribution in [0.15, 0.2) is 54.1 Å². The van der Waals surface area contributed by atoms with Gasteiger partial charge in [0.15, 0.2) is 5.60 Å². The topological polar surface area (TPSA) is 96.0 Å². The predicted octanol–water partition coefficient (Wildman–Crippen LogP) is 5.24. The second-order valence-electron chi connectivity index (χ2n) is 11.8. The van der Waals surface area contributed by atoms with E-state index in [9.17, 15) is 19.2 Å². The molecule has 0 heterocycles. The molecule has 38 heavy (non-hydrogen) atoms. The molecule has 7 unspecified atom stereocenters. The van der Waals surface area contributed by atoms with E-state index in [1.807, 2.05) is 13.0 Å². The van der Waals surface area contributed by atoms with Gasteiger partial charge in [0.2, 0.25) is 5.78 Å². The van der Waals surface area contributed by atoms with Crippen molar-refractivity contribution in [3.63, 3.8) is 0 Å². The molecule has 0 saturated heterocycles. The predicted molar refractivity (Wildman–Crippen MR) is 141 cm³/mol. The maximum Gasteiger partial charge on any atom is 0.338 e. The van der Waals surface area contributed by atoms with Crippen LogP contribution in [0.2, 0.25) is 0 Å². The summed E-state index contributed by atoms with van der Waals surface area (Å²) in [6, 6.07) is 8.56. The molecule has 2 saturated carbocycles. The van der Waals surface area contributed by atoms with Crippen LogP contribution < -0.4 is 0 Å². The van der Waals surface area contributed by atoms with Gasteiger partial charge in [0.05, 0.1) is 11.5 Å². The Bertz CT molecular complexity index is 1180. The van der Waals surface area contributed by atoms with Crippen LogP contribution in [0.3, 0.4) is 0 Å². The highest BCUT2D eigenvalue weighted by Crippen LogP contribution is 2.62. The van der Waals surface area contributed by atoms with Crippen LogP contribution >= 0.6 is 0 Å². The van der Waals surface area contributed by atoms with E-state index >= 15 is 0 Å². The minimum Gasteiger partial charge on any atom is -0.458 e. The Labute approximate surface area is 224 Å². The maximum absolute atomic E-state index is 14.3. The number of carbonyl (C=O) groups excluding carboxylic acids is 4. The van der Waals surface area contributed by atoms with Crippen LogP contribution in [-0.4, -0.2) is 41.5 Å². The van der Waals surface area contributed by atoms with Gasteiger partial charge in [0.25, 0.3) is 0 Å². The number of ether oxygens (including phenoxy) is 3. The molecule has 7 heteroatoms. The Kier molecular flexibility index (Phi) is 7.43. The lowest BCUT2D eigenvalue weighted by Gasteiger charge is -2.39. The molecule has 7 nitrogen and oxygen atoms in total. The number of esters is 3. The summed E-state index contributed by atoms with van der Waals surface area (Å²) in [6.45, 7) is 14.8. The first kappa shape index (κ1) is 27.8. The maximum atomic E-state index is 14.3. The number of rotatable bonds is 4. The van der Waals surface area contributed by atoms with Crippen LogP contribution in [0.5, 0.6) is 0 Å². The third-order valence-corrected chi connectivity index (χ3v) is 8.77. The average Bonchev–Trinajstić information content (AvgIpc) is 3.24. The Hall–Kier alpha value is -3.22. The molecule has 3 aliphatic rings. The van der Waals surface area contributed by atoms with Crippen molar-refractivity contribution in [3.8, 4) is 0 Å². The summed E-state index contributed by atoms with van der Waals surface area (Å²) in [5, 5.41) is 0. The smallest absolute Gasteiger partial charge is 0.338 e. The molecule has 0 spiro atoms. The van der Waals surface area contributed by atoms with Crippen molar-refractivity contribution in [2.24, 2.45) is 29.1 Å². The molecule has 4 rings (SSSR count). The number of hydrogen-bond acceptors (Lipinski definition) is 7. The largest absolute Gasteiger partial charge is 0.458 e. The van der Waals surface area contributed by atoms with E-state index in [-0.39, 0.29) is 29.5 Å². The van der Waals surface area contributed by atoms with E-state index in [0.29, 0.717) is 29.0 Å². The Morgan fingerprint density at radius 3 is 2.29 bits per heavy atom. The molecule has 7 atom stereocenters. The van der Waals surface area contributed by atoms with Crippen LogP contribution in [0.4, 0.5) is 0 Å². The highest BCUT2D eigenvalue weighted by atomic mass is 16.6. The normalized spacial score (nSPS) is 35.5. The van der Waals surface area contributed by atoms with E-state index < -0.39 is 41.6 Å². The lowest BCUT2D eigenvalue weighted by Crippen LogP contribution is -2.55. The summed E-state index contributed by atoms with van der Waals surface area (Å²) < 4.78 is 17.9. The van der Waals surface area contributed by atoms with Gasteiger partial charge >= 0.3 is 17.9 Å². The Morgan fingerprint density at radius 2 is 1.68 bits per heavy atom. The van der Waals surface area contributed by atoms with Gasteiger partial charge < -0.3 is 14.2 Å². The van der Waals surface area contributed by atoms with E-state index in [0.717, 1.165) is 6.42 Å². The van der Waals surface area contributed by atoms with E-state index in [2.05, 4.69) is 20.4 Å². The van der Waals surface area contributed by atoms with Crippen LogP contribution in [0, 0.1) is 29.1 Å². The standard InChI is InChI=1S/C31H38O7/c1-17-13-14-23-24(30(23,6)7)15-18(2)28(34)31(38-21(5)33)16-19(3)27(25(31)26(17)36-20(4)32)37-29(35)22-11-9-8-10-12-22/h8-12,15,19,23-27H,1,13-14,16H2,2-7H3/b18-15+. The van der Waals surface area contributed by atoms with Gasteiger partial charge in [-0.3, -0.25) is 14.4 Å². The molecular weight excluding hydrogens is 484 g/mol. The highest BCUT2D eigenvalue weighted by molar-refractivity contribution is 6.03. The van der Waals surface area contributed by atoms with Crippen LogP contribution in [-0.2, 0) is 28.6 Å². The second kappa shape index (κ2) is 10.2. The summed E-state index contributed by atoms with van der Waals surface area (Å²) in [4.78, 5) is 52.4. The van der Waals surface area contributed by atoms with Crippen molar-refractivity contribution >= 4 is 23.7 Å². The van der Waals surface area contributed by atoms with Crippen molar-refractivity contribution in [1.29, 1.82) is 0 Å². The number of allylic oxidation sites excluding steroid dienone is 1. The van der Waals surface area contributed by atoms with Crippen molar-refractivity contribution < 1.29 is 33.4 Å². The zero-order valence-electron chi connectivity index (χ0n) is 23.1. The molecule has 204 valence electrons. The molecule has 0 N–H and O–H groups in total. The highest BCUT2D eigenvalue weighted by Gasteiger charge is 2.65. The van der Waals surface area contributed by atoms with Crippen LogP contribution in [0.25, 0.3) is 0 Å². The average molecular weight is 523 g/mol. The molecule has 0 radical (unpaired) electrons. The third kappa shape index (κ3) is 4.95. The van der Waals surface area contributed by atoms with Gasteiger partial charge in [0.1, 0.15) is 12.2 Å². The molecule has 1 aromatic rings. The molecule has 0 aromatic heterocycles. The SMILES string of the molecule is C=C1CCC2C(/C=C(\C)C(=O)C3(OC(C)=O)CC(C)C(OC(=O)c4ccccc4)C3C1OC(C)=O)C2(C)C. The van der Waals surface area contributed by atoms with Gasteiger partial charge in [-0.1, -0.05) is 51.6 Å². The van der Waals surface area contributed by atoms with Gasteiger partial charge in [-0.25, -0.2) is 4.79 Å². The van der Waals surface area contributed by atoms with Crippen LogP contribution in [0.1, 0.15) is 71.2 Å². The van der Waals surface area contributed by atoms with Gasteiger partial charge in [-0.2, -0.15) is 0 Å². The van der Waals surface area contributed by atoms with E-state index in [1.165, 1.54) is 13.8 Å². The first-order chi connectivity index (χ1) is 17.8. The molecule has 3 aliphatic carbocycles. The minimum absolute atomic E-state index is 0.0165. The van der Waals surface area contributed by atoms with Crippen molar-refractivity contribution in [2.45, 2.75) is 78.6 Å². The fraction of sp³-hybridized carbons (Fsp3) is 0.548. The molecule has 0 bridgehead atoms. The number of benzene rings is 1. The molecule has 0 amide bonds. The first-order valence-electron chi connectivity index (χ1n) is 13.3. The molecule has 2 fully saturated rings. The Balaban J connectivity index is 1.87. The summed E-state index contributed by atoms with van der Waals surface area (Å²) in [6.07, 6.45) is 1.63. The van der Waals surface area contributed by atoms with Crippen molar-refractivity contribution in [1.82, 2.24) is 0 Å². The number of Topliss-reactive ketones (excluding diaryl/α,β-unsaturated/α-hetero) is 1. The second-order valence-corrected chi connectivity index (χ2v) is 11.8. The monoisotopic (exact) mass is 522 g/mol. The minimum atomic E-state index is -1.69. The summed E-state index contributed by atoms with van der Waals surface area (Å²) in [5.74, 6) is -2.89. The summed E-state index contributed by atoms with van der Waals surface area (Å²) in [5.41, 5.74) is -0.203. The number of hydrogen-bond donors (Lipinski definition) is 0. The zero-order valence-corrected chi connectivity index (χ0v) is 23.1. The lowest BCUT2D eigenvalue weighted by atomic mass is 9.76. The quantitative estimate of drug-likeness (QED) is 0.303. The fourth-order valence-corrected chi connectivity index (χ4v) is 6.80. The Morgan fingerprint density at radius 1 is 1.03 bits per heavy atom. The summed E-state index contributed by atoms with van der Waals surface area (Å²) in [7, 11) is 0. The van der Waals surface area contributed by atoms with Crippen molar-refractivity contribution in [2.75, 3.05) is 0 Å². The number of carbonyl (C=O) groups is 4.